The lowest BCUT2D eigenvalue weighted by Crippen LogP contribution is -2.47. The molecule has 2 unspecified atom stereocenters. The molecule has 5 nitrogen and oxygen atoms in total. The highest BCUT2D eigenvalue weighted by atomic mass is 127. The van der Waals surface area contributed by atoms with Crippen molar-refractivity contribution in [3.8, 4) is 0 Å². The predicted octanol–water partition coefficient (Wildman–Crippen LogP) is 4.19. The molecule has 0 bridgehead atoms. The molecule has 2 atom stereocenters. The molecule has 2 fully saturated rings. The lowest BCUT2D eigenvalue weighted by molar-refractivity contribution is -0.183. The van der Waals surface area contributed by atoms with Crippen LogP contribution in [0.4, 0.5) is 18.3 Å². The summed E-state index contributed by atoms with van der Waals surface area (Å²) in [5.74, 6) is -0.640. The molecule has 160 valence electrons. The Bertz CT molecular complexity index is 631. The number of guanidine groups is 1. The van der Waals surface area contributed by atoms with Crippen LogP contribution in [-0.4, -0.2) is 49.8 Å². The van der Waals surface area contributed by atoms with Crippen molar-refractivity contribution in [3.05, 3.63) is 11.1 Å². The van der Waals surface area contributed by atoms with E-state index >= 15 is 0 Å². The lowest BCUT2D eigenvalue weighted by Gasteiger charge is -2.31. The molecular weight excluding hydrogens is 502 g/mol. The zero-order valence-corrected chi connectivity index (χ0v) is 19.2. The molecule has 1 aromatic heterocycles. The van der Waals surface area contributed by atoms with Gasteiger partial charge in [-0.3, -0.25) is 4.99 Å². The molecule has 0 radical (unpaired) electrons. The van der Waals surface area contributed by atoms with Crippen LogP contribution in [-0.2, 0) is 6.42 Å². The normalized spacial score (nSPS) is 23.4. The minimum atomic E-state index is -4.10. The summed E-state index contributed by atoms with van der Waals surface area (Å²) >= 11 is 1.68. The lowest BCUT2D eigenvalue weighted by atomic mass is 9.85. The van der Waals surface area contributed by atoms with E-state index in [0.717, 1.165) is 36.8 Å². The SMILES string of the molecule is CN=C(NCCc1csc(N2CCCC2)n1)NC1CCCC(C(F)(F)F)C1.I. The van der Waals surface area contributed by atoms with Crippen LogP contribution in [0.2, 0.25) is 0 Å². The maximum Gasteiger partial charge on any atom is 0.391 e. The van der Waals surface area contributed by atoms with E-state index in [9.17, 15) is 13.2 Å². The van der Waals surface area contributed by atoms with Crippen molar-refractivity contribution in [2.45, 2.75) is 57.2 Å². The standard InChI is InChI=1S/C18H28F3N5S.HI/c1-22-16(24-14-6-4-5-13(11-14)18(19,20)21)23-8-7-15-12-27-17(25-15)26-9-2-3-10-26;/h12-14H,2-11H2,1H3,(H2,22,23,24);1H. The van der Waals surface area contributed by atoms with E-state index in [2.05, 4.69) is 30.9 Å². The number of alkyl halides is 3. The third-order valence-corrected chi connectivity index (χ3v) is 6.24. The average Bonchev–Trinajstić information content (AvgIpc) is 3.32. The molecular formula is C18H29F3IN5S. The van der Waals surface area contributed by atoms with Crippen LogP contribution in [0.5, 0.6) is 0 Å². The fourth-order valence-electron chi connectivity index (χ4n) is 3.78. The van der Waals surface area contributed by atoms with Gasteiger partial charge in [0.2, 0.25) is 0 Å². The second-order valence-electron chi connectivity index (χ2n) is 7.31. The number of aromatic nitrogens is 1. The second-order valence-corrected chi connectivity index (χ2v) is 8.15. The molecule has 28 heavy (non-hydrogen) atoms. The van der Waals surface area contributed by atoms with E-state index in [1.807, 2.05) is 0 Å². The summed E-state index contributed by atoms with van der Waals surface area (Å²) in [7, 11) is 1.65. The van der Waals surface area contributed by atoms with Gasteiger partial charge in [-0.05, 0) is 32.1 Å². The maximum absolute atomic E-state index is 13.0. The van der Waals surface area contributed by atoms with Crippen LogP contribution in [0.15, 0.2) is 10.4 Å². The molecule has 1 aromatic rings. The van der Waals surface area contributed by atoms with Crippen LogP contribution >= 0.6 is 35.3 Å². The molecule has 2 aliphatic rings. The van der Waals surface area contributed by atoms with Gasteiger partial charge < -0.3 is 15.5 Å². The molecule has 2 heterocycles. The first-order valence-corrected chi connectivity index (χ1v) is 10.6. The van der Waals surface area contributed by atoms with Crippen molar-refractivity contribution in [3.63, 3.8) is 0 Å². The second kappa shape index (κ2) is 10.8. The molecule has 0 aromatic carbocycles. The minimum absolute atomic E-state index is 0. The van der Waals surface area contributed by atoms with E-state index in [4.69, 9.17) is 0 Å². The highest BCUT2D eigenvalue weighted by molar-refractivity contribution is 14.0. The molecule has 1 saturated heterocycles. The number of hydrogen-bond donors (Lipinski definition) is 2. The summed E-state index contributed by atoms with van der Waals surface area (Å²) in [5.41, 5.74) is 1.04. The quantitative estimate of drug-likeness (QED) is 0.340. The Morgan fingerprint density at radius 1 is 1.29 bits per heavy atom. The predicted molar refractivity (Wildman–Crippen MR) is 119 cm³/mol. The van der Waals surface area contributed by atoms with E-state index < -0.39 is 12.1 Å². The topological polar surface area (TPSA) is 52.6 Å². The monoisotopic (exact) mass is 531 g/mol. The van der Waals surface area contributed by atoms with Gasteiger partial charge >= 0.3 is 6.18 Å². The van der Waals surface area contributed by atoms with Gasteiger partial charge in [0.1, 0.15) is 0 Å². The van der Waals surface area contributed by atoms with E-state index in [0.29, 0.717) is 18.9 Å². The maximum atomic E-state index is 13.0. The highest BCUT2D eigenvalue weighted by Crippen LogP contribution is 2.37. The Labute approximate surface area is 185 Å². The molecule has 0 amide bonds. The summed E-state index contributed by atoms with van der Waals surface area (Å²) in [6.45, 7) is 2.82. The summed E-state index contributed by atoms with van der Waals surface area (Å²) in [5, 5.41) is 9.54. The smallest absolute Gasteiger partial charge is 0.356 e. The summed E-state index contributed by atoms with van der Waals surface area (Å²) < 4.78 is 38.9. The number of hydrogen-bond acceptors (Lipinski definition) is 4. The summed E-state index contributed by atoms with van der Waals surface area (Å²) in [4.78, 5) is 11.2. The van der Waals surface area contributed by atoms with Crippen LogP contribution < -0.4 is 15.5 Å². The number of anilines is 1. The summed E-state index contributed by atoms with van der Waals surface area (Å²) in [6, 6.07) is -0.183. The van der Waals surface area contributed by atoms with E-state index in [1.54, 1.807) is 18.4 Å². The largest absolute Gasteiger partial charge is 0.391 e. The summed E-state index contributed by atoms with van der Waals surface area (Å²) in [6.07, 6.45) is 0.821. The number of rotatable bonds is 5. The van der Waals surface area contributed by atoms with Gasteiger partial charge in [0.15, 0.2) is 11.1 Å². The van der Waals surface area contributed by atoms with Crippen molar-refractivity contribution in [1.82, 2.24) is 15.6 Å². The first kappa shape index (κ1) is 23.5. The van der Waals surface area contributed by atoms with E-state index in [-0.39, 0.29) is 42.9 Å². The first-order chi connectivity index (χ1) is 13.0. The minimum Gasteiger partial charge on any atom is -0.356 e. The number of nitrogens with one attached hydrogen (secondary N) is 2. The third-order valence-electron chi connectivity index (χ3n) is 5.29. The van der Waals surface area contributed by atoms with Crippen molar-refractivity contribution < 1.29 is 13.2 Å². The molecule has 10 heteroatoms. The number of thiazole rings is 1. The number of nitrogens with zero attached hydrogens (tertiary/aromatic N) is 3. The molecule has 1 aliphatic heterocycles. The Morgan fingerprint density at radius 2 is 2.04 bits per heavy atom. The van der Waals surface area contributed by atoms with E-state index in [1.165, 1.54) is 12.8 Å². The molecule has 2 N–H and O–H groups in total. The van der Waals surface area contributed by atoms with Gasteiger partial charge in [-0.1, -0.05) is 6.42 Å². The number of aliphatic imine (C=N–C) groups is 1. The third kappa shape index (κ3) is 6.64. The zero-order chi connectivity index (χ0) is 19.3. The Kier molecular flexibility index (Phi) is 9.10. The Hall–Kier alpha value is -0.780. The molecule has 1 saturated carbocycles. The highest BCUT2D eigenvalue weighted by Gasteiger charge is 2.42. The zero-order valence-electron chi connectivity index (χ0n) is 16.1. The van der Waals surface area contributed by atoms with Gasteiger partial charge in [0, 0.05) is 44.5 Å². The molecule has 1 aliphatic carbocycles. The average molecular weight is 531 g/mol. The van der Waals surface area contributed by atoms with Crippen LogP contribution in [0.25, 0.3) is 0 Å². The molecule has 0 spiro atoms. The van der Waals surface area contributed by atoms with Gasteiger partial charge in [-0.2, -0.15) is 13.2 Å². The van der Waals surface area contributed by atoms with Crippen LogP contribution in [0.3, 0.4) is 0 Å². The van der Waals surface area contributed by atoms with Gasteiger partial charge in [0.05, 0.1) is 11.6 Å². The van der Waals surface area contributed by atoms with Crippen LogP contribution in [0.1, 0.15) is 44.2 Å². The van der Waals surface area contributed by atoms with Gasteiger partial charge in [0.25, 0.3) is 0 Å². The Balaban J connectivity index is 0.00000280. The Morgan fingerprint density at radius 3 is 2.71 bits per heavy atom. The van der Waals surface area contributed by atoms with Crippen LogP contribution in [0, 0.1) is 5.92 Å². The van der Waals surface area contributed by atoms with Gasteiger partial charge in [-0.25, -0.2) is 4.98 Å². The fraction of sp³-hybridized carbons (Fsp3) is 0.778. The number of halogens is 4. The first-order valence-electron chi connectivity index (χ1n) is 9.69. The van der Waals surface area contributed by atoms with Crippen molar-refractivity contribution in [1.29, 1.82) is 0 Å². The van der Waals surface area contributed by atoms with Crippen molar-refractivity contribution in [2.75, 3.05) is 31.6 Å². The molecule has 3 rings (SSSR count). The fourth-order valence-corrected chi connectivity index (χ4v) is 4.69. The van der Waals surface area contributed by atoms with Gasteiger partial charge in [-0.15, -0.1) is 35.3 Å². The van der Waals surface area contributed by atoms with Crippen molar-refractivity contribution >= 4 is 46.4 Å². The van der Waals surface area contributed by atoms with Crippen molar-refractivity contribution in [2.24, 2.45) is 10.9 Å².